The second-order valence-electron chi connectivity index (χ2n) is 6.52. The predicted octanol–water partition coefficient (Wildman–Crippen LogP) is 5.02. The van der Waals surface area contributed by atoms with Crippen LogP contribution in [0.15, 0.2) is 42.5 Å². The SMILES string of the molecule is Cc1cc2ccccc2n1-c1ccc(C(=O)N2CCCCCC2)s1. The van der Waals surface area contributed by atoms with Crippen molar-refractivity contribution in [3.8, 4) is 5.00 Å². The van der Waals surface area contributed by atoms with E-state index >= 15 is 0 Å². The van der Waals surface area contributed by atoms with Gasteiger partial charge >= 0.3 is 0 Å². The van der Waals surface area contributed by atoms with Gasteiger partial charge in [0.05, 0.1) is 10.4 Å². The monoisotopic (exact) mass is 338 g/mol. The highest BCUT2D eigenvalue weighted by Crippen LogP contribution is 2.29. The Labute approximate surface area is 146 Å². The van der Waals surface area contributed by atoms with Gasteiger partial charge in [-0.3, -0.25) is 4.79 Å². The third-order valence-corrected chi connectivity index (χ3v) is 5.87. The van der Waals surface area contributed by atoms with Gasteiger partial charge in [0.25, 0.3) is 5.91 Å². The molecule has 0 aliphatic carbocycles. The van der Waals surface area contributed by atoms with Crippen molar-refractivity contribution in [3.63, 3.8) is 0 Å². The fraction of sp³-hybridized carbons (Fsp3) is 0.350. The molecule has 24 heavy (non-hydrogen) atoms. The molecule has 0 N–H and O–H groups in total. The summed E-state index contributed by atoms with van der Waals surface area (Å²) in [6.45, 7) is 3.92. The highest BCUT2D eigenvalue weighted by atomic mass is 32.1. The smallest absolute Gasteiger partial charge is 0.263 e. The Morgan fingerprint density at radius 3 is 2.54 bits per heavy atom. The molecule has 0 saturated carbocycles. The van der Waals surface area contributed by atoms with Crippen LogP contribution in [0.2, 0.25) is 0 Å². The highest BCUT2D eigenvalue weighted by Gasteiger charge is 2.20. The van der Waals surface area contributed by atoms with Crippen molar-refractivity contribution in [1.82, 2.24) is 9.47 Å². The zero-order valence-corrected chi connectivity index (χ0v) is 14.8. The molecule has 124 valence electrons. The molecule has 3 heterocycles. The van der Waals surface area contributed by atoms with Crippen molar-refractivity contribution in [1.29, 1.82) is 0 Å². The molecule has 0 unspecified atom stereocenters. The number of amides is 1. The van der Waals surface area contributed by atoms with Crippen LogP contribution in [0, 0.1) is 6.92 Å². The Bertz CT molecular complexity index is 869. The standard InChI is InChI=1S/C20H22N2OS/c1-15-14-16-8-4-5-9-17(16)22(15)19-11-10-18(24-19)20(23)21-12-6-2-3-7-13-21/h4-5,8-11,14H,2-3,6-7,12-13H2,1H3. The lowest BCUT2D eigenvalue weighted by Crippen LogP contribution is -2.31. The molecule has 1 saturated heterocycles. The third-order valence-electron chi connectivity index (χ3n) is 4.81. The van der Waals surface area contributed by atoms with Gasteiger partial charge in [-0.1, -0.05) is 31.0 Å². The molecule has 1 amide bonds. The van der Waals surface area contributed by atoms with E-state index in [2.05, 4.69) is 47.9 Å². The van der Waals surface area contributed by atoms with E-state index < -0.39 is 0 Å². The summed E-state index contributed by atoms with van der Waals surface area (Å²) in [6.07, 6.45) is 4.75. The third kappa shape index (κ3) is 2.75. The largest absolute Gasteiger partial charge is 0.338 e. The lowest BCUT2D eigenvalue weighted by Gasteiger charge is -2.19. The quantitative estimate of drug-likeness (QED) is 0.644. The van der Waals surface area contributed by atoms with Crippen LogP contribution in [0.1, 0.15) is 41.0 Å². The van der Waals surface area contributed by atoms with E-state index in [-0.39, 0.29) is 5.91 Å². The van der Waals surface area contributed by atoms with Crippen LogP contribution in [0.5, 0.6) is 0 Å². The number of carbonyl (C=O) groups is 1. The number of fused-ring (bicyclic) bond motifs is 1. The summed E-state index contributed by atoms with van der Waals surface area (Å²) >= 11 is 1.60. The Kier molecular flexibility index (Phi) is 4.15. The van der Waals surface area contributed by atoms with E-state index in [0.29, 0.717) is 0 Å². The zero-order chi connectivity index (χ0) is 16.5. The average molecular weight is 338 g/mol. The molecule has 1 aromatic carbocycles. The van der Waals surface area contributed by atoms with Gasteiger partial charge in [-0.25, -0.2) is 0 Å². The minimum atomic E-state index is 0.197. The second-order valence-corrected chi connectivity index (χ2v) is 7.59. The Hall–Kier alpha value is -2.07. The van der Waals surface area contributed by atoms with Gasteiger partial charge in [0.1, 0.15) is 5.00 Å². The van der Waals surface area contributed by atoms with Gasteiger partial charge in [-0.05, 0) is 44.0 Å². The number of benzene rings is 1. The molecule has 1 aliphatic rings. The Morgan fingerprint density at radius 2 is 1.75 bits per heavy atom. The van der Waals surface area contributed by atoms with E-state index in [0.717, 1.165) is 35.8 Å². The predicted molar refractivity (Wildman–Crippen MR) is 100 cm³/mol. The van der Waals surface area contributed by atoms with E-state index in [4.69, 9.17) is 0 Å². The number of aryl methyl sites for hydroxylation is 1. The molecule has 4 heteroatoms. The summed E-state index contributed by atoms with van der Waals surface area (Å²) in [5.41, 5.74) is 2.40. The second kappa shape index (κ2) is 6.44. The molecule has 0 spiro atoms. The summed E-state index contributed by atoms with van der Waals surface area (Å²) in [4.78, 5) is 15.7. The van der Waals surface area contributed by atoms with Crippen molar-refractivity contribution in [2.24, 2.45) is 0 Å². The van der Waals surface area contributed by atoms with Gasteiger partial charge in [-0.15, -0.1) is 11.3 Å². The van der Waals surface area contributed by atoms with E-state index in [1.807, 2.05) is 11.0 Å². The van der Waals surface area contributed by atoms with Crippen molar-refractivity contribution < 1.29 is 4.79 Å². The molecular formula is C20H22N2OS. The van der Waals surface area contributed by atoms with Crippen molar-refractivity contribution in [2.45, 2.75) is 32.6 Å². The van der Waals surface area contributed by atoms with Crippen molar-refractivity contribution in [3.05, 3.63) is 53.0 Å². The lowest BCUT2D eigenvalue weighted by molar-refractivity contribution is 0.0766. The van der Waals surface area contributed by atoms with Gasteiger partial charge in [0, 0.05) is 24.2 Å². The van der Waals surface area contributed by atoms with Crippen LogP contribution < -0.4 is 0 Å². The first kappa shape index (κ1) is 15.5. The lowest BCUT2D eigenvalue weighted by atomic mass is 10.2. The van der Waals surface area contributed by atoms with Crippen LogP contribution in [0.4, 0.5) is 0 Å². The Balaban J connectivity index is 1.66. The topological polar surface area (TPSA) is 25.2 Å². The summed E-state index contributed by atoms with van der Waals surface area (Å²) in [6, 6.07) is 14.7. The summed E-state index contributed by atoms with van der Waals surface area (Å²) in [5.74, 6) is 0.197. The fourth-order valence-electron chi connectivity index (χ4n) is 3.58. The summed E-state index contributed by atoms with van der Waals surface area (Å²) in [7, 11) is 0. The first-order valence-corrected chi connectivity index (χ1v) is 9.52. The molecule has 1 fully saturated rings. The first-order chi connectivity index (χ1) is 11.7. The number of carbonyl (C=O) groups excluding carboxylic acids is 1. The normalized spacial score (nSPS) is 15.6. The number of nitrogens with zero attached hydrogens (tertiary/aromatic N) is 2. The molecular weight excluding hydrogens is 316 g/mol. The minimum Gasteiger partial charge on any atom is -0.338 e. The van der Waals surface area contributed by atoms with Crippen molar-refractivity contribution >= 4 is 28.1 Å². The molecule has 0 bridgehead atoms. The van der Waals surface area contributed by atoms with Crippen LogP contribution >= 0.6 is 11.3 Å². The molecule has 1 aliphatic heterocycles. The molecule has 2 aromatic heterocycles. The Morgan fingerprint density at radius 1 is 1.00 bits per heavy atom. The van der Waals surface area contributed by atoms with Crippen LogP contribution in [-0.2, 0) is 0 Å². The fourth-order valence-corrected chi connectivity index (χ4v) is 4.63. The van der Waals surface area contributed by atoms with Crippen molar-refractivity contribution in [2.75, 3.05) is 13.1 Å². The van der Waals surface area contributed by atoms with Crippen LogP contribution in [-0.4, -0.2) is 28.5 Å². The van der Waals surface area contributed by atoms with Crippen LogP contribution in [0.25, 0.3) is 15.9 Å². The van der Waals surface area contributed by atoms with E-state index in [1.165, 1.54) is 29.4 Å². The average Bonchev–Trinajstić information content (AvgIpc) is 3.08. The van der Waals surface area contributed by atoms with Gasteiger partial charge in [0.2, 0.25) is 0 Å². The highest BCUT2D eigenvalue weighted by molar-refractivity contribution is 7.16. The van der Waals surface area contributed by atoms with Gasteiger partial charge < -0.3 is 9.47 Å². The number of hydrogen-bond donors (Lipinski definition) is 0. The number of para-hydroxylation sites is 1. The minimum absolute atomic E-state index is 0.197. The maximum absolute atomic E-state index is 12.8. The molecule has 3 nitrogen and oxygen atoms in total. The molecule has 4 rings (SSSR count). The maximum atomic E-state index is 12.8. The molecule has 0 radical (unpaired) electrons. The van der Waals surface area contributed by atoms with Gasteiger partial charge in [-0.2, -0.15) is 0 Å². The summed E-state index contributed by atoms with van der Waals surface area (Å²) in [5, 5.41) is 2.36. The van der Waals surface area contributed by atoms with E-state index in [1.54, 1.807) is 11.3 Å². The van der Waals surface area contributed by atoms with E-state index in [9.17, 15) is 4.79 Å². The number of aromatic nitrogens is 1. The van der Waals surface area contributed by atoms with Crippen LogP contribution in [0.3, 0.4) is 0 Å². The number of thiophene rings is 1. The number of likely N-dealkylation sites (tertiary alicyclic amines) is 1. The molecule has 3 aromatic rings. The first-order valence-electron chi connectivity index (χ1n) is 8.70. The van der Waals surface area contributed by atoms with Gasteiger partial charge in [0.15, 0.2) is 0 Å². The maximum Gasteiger partial charge on any atom is 0.263 e. The number of rotatable bonds is 2. The zero-order valence-electron chi connectivity index (χ0n) is 14.0. The summed E-state index contributed by atoms with van der Waals surface area (Å²) < 4.78 is 2.25. The molecule has 0 atom stereocenters. The number of hydrogen-bond acceptors (Lipinski definition) is 2.